The number of rotatable bonds is 3. The van der Waals surface area contributed by atoms with Gasteiger partial charge in [-0.2, -0.15) is 16.6 Å². The zero-order chi connectivity index (χ0) is 10.2. The normalized spacial score (nSPS) is 21.6. The molecule has 0 aromatic carbocycles. The Morgan fingerprint density at radius 3 is 2.64 bits per heavy atom. The molecule has 1 saturated carbocycles. The molecular formula is C8H14N4OS. The first-order valence-electron chi connectivity index (χ1n) is 4.65. The summed E-state index contributed by atoms with van der Waals surface area (Å²) in [4.78, 5) is 1.38. The molecule has 0 radical (unpaired) electrons. The fourth-order valence-electron chi connectivity index (χ4n) is 1.76. The lowest BCUT2D eigenvalue weighted by Gasteiger charge is -2.42. The lowest BCUT2D eigenvalue weighted by molar-refractivity contribution is 0.0798. The molecule has 0 spiro atoms. The number of aliphatic hydroxyl groups excluding tert-OH is 1. The molecule has 1 unspecified atom stereocenters. The van der Waals surface area contributed by atoms with Crippen molar-refractivity contribution in [1.29, 1.82) is 0 Å². The largest absolute Gasteiger partial charge is 0.383 e. The van der Waals surface area contributed by atoms with Crippen molar-refractivity contribution in [2.24, 2.45) is 7.05 Å². The molecule has 1 aromatic heterocycles. The summed E-state index contributed by atoms with van der Waals surface area (Å²) in [7, 11) is 1.70. The van der Waals surface area contributed by atoms with Gasteiger partial charge in [0.15, 0.2) is 0 Å². The molecular weight excluding hydrogens is 200 g/mol. The highest BCUT2D eigenvalue weighted by Crippen LogP contribution is 2.50. The predicted molar refractivity (Wildman–Crippen MR) is 53.9 cm³/mol. The van der Waals surface area contributed by atoms with E-state index in [0.29, 0.717) is 5.82 Å². The molecule has 5 nitrogen and oxygen atoms in total. The van der Waals surface area contributed by atoms with Gasteiger partial charge in [0.05, 0.1) is 7.05 Å². The fraction of sp³-hybridized carbons (Fsp3) is 0.875. The number of thioether (sulfide) groups is 1. The molecule has 0 saturated heterocycles. The summed E-state index contributed by atoms with van der Waals surface area (Å²) in [5.74, 6) is 0.446. The Hall–Kier alpha value is -0.620. The number of hydrogen-bond acceptors (Lipinski definition) is 5. The molecule has 1 N–H and O–H groups in total. The van der Waals surface area contributed by atoms with Gasteiger partial charge in [0.2, 0.25) is 5.82 Å². The van der Waals surface area contributed by atoms with Gasteiger partial charge in [0, 0.05) is 4.75 Å². The zero-order valence-electron chi connectivity index (χ0n) is 8.34. The highest BCUT2D eigenvalue weighted by Gasteiger charge is 2.45. The van der Waals surface area contributed by atoms with Gasteiger partial charge in [-0.15, -0.1) is 10.2 Å². The summed E-state index contributed by atoms with van der Waals surface area (Å²) in [5.41, 5.74) is 0. The van der Waals surface area contributed by atoms with Crippen molar-refractivity contribution in [1.82, 2.24) is 20.2 Å². The number of hydrogen-bond donors (Lipinski definition) is 1. The monoisotopic (exact) mass is 214 g/mol. The van der Waals surface area contributed by atoms with Crippen LogP contribution in [-0.2, 0) is 7.05 Å². The minimum Gasteiger partial charge on any atom is -0.383 e. The maximum absolute atomic E-state index is 10.1. The first kappa shape index (κ1) is 9.92. The van der Waals surface area contributed by atoms with Gasteiger partial charge in [0.25, 0.3) is 0 Å². The number of aliphatic hydroxyl groups is 1. The van der Waals surface area contributed by atoms with E-state index in [4.69, 9.17) is 0 Å². The van der Waals surface area contributed by atoms with Crippen LogP contribution in [0.3, 0.4) is 0 Å². The van der Waals surface area contributed by atoms with Gasteiger partial charge in [0.1, 0.15) is 6.10 Å². The van der Waals surface area contributed by atoms with E-state index in [9.17, 15) is 5.11 Å². The second kappa shape index (κ2) is 3.51. The van der Waals surface area contributed by atoms with E-state index in [0.717, 1.165) is 12.8 Å². The van der Waals surface area contributed by atoms with Gasteiger partial charge >= 0.3 is 0 Å². The maximum atomic E-state index is 10.1. The summed E-state index contributed by atoms with van der Waals surface area (Å²) in [5, 5.41) is 21.7. The third-order valence-electron chi connectivity index (χ3n) is 2.87. The Labute approximate surface area is 86.9 Å². The summed E-state index contributed by atoms with van der Waals surface area (Å²) in [6.07, 6.45) is 4.69. The molecule has 1 aromatic rings. The molecule has 1 aliphatic carbocycles. The van der Waals surface area contributed by atoms with E-state index in [1.54, 1.807) is 18.8 Å². The Kier molecular flexibility index (Phi) is 2.48. The van der Waals surface area contributed by atoms with Crippen LogP contribution in [0.25, 0.3) is 0 Å². The molecule has 2 rings (SSSR count). The van der Waals surface area contributed by atoms with Gasteiger partial charge in [-0.1, -0.05) is 6.42 Å². The SMILES string of the molecule is CSC1(C(O)c2nnn(C)n2)CCC1. The van der Waals surface area contributed by atoms with Crippen LogP contribution >= 0.6 is 11.8 Å². The number of aromatic nitrogens is 4. The molecule has 0 bridgehead atoms. The van der Waals surface area contributed by atoms with Crippen LogP contribution in [-0.4, -0.2) is 36.3 Å². The minimum absolute atomic E-state index is 0.0664. The van der Waals surface area contributed by atoms with Gasteiger partial charge in [-0.25, -0.2) is 0 Å². The summed E-state index contributed by atoms with van der Waals surface area (Å²) in [6.45, 7) is 0. The Balaban J connectivity index is 2.18. The van der Waals surface area contributed by atoms with Crippen molar-refractivity contribution in [3.8, 4) is 0 Å². The van der Waals surface area contributed by atoms with Crippen molar-refractivity contribution in [2.75, 3.05) is 6.26 Å². The van der Waals surface area contributed by atoms with Crippen molar-refractivity contribution < 1.29 is 5.11 Å². The van der Waals surface area contributed by atoms with E-state index in [1.807, 2.05) is 6.26 Å². The first-order valence-corrected chi connectivity index (χ1v) is 5.87. The topological polar surface area (TPSA) is 63.8 Å². The molecule has 6 heteroatoms. The van der Waals surface area contributed by atoms with E-state index in [-0.39, 0.29) is 4.75 Å². The van der Waals surface area contributed by atoms with Crippen LogP contribution in [0.2, 0.25) is 0 Å². The lowest BCUT2D eigenvalue weighted by atomic mass is 9.79. The molecule has 1 atom stereocenters. The van der Waals surface area contributed by atoms with Crippen LogP contribution in [0, 0.1) is 0 Å². The van der Waals surface area contributed by atoms with E-state index < -0.39 is 6.10 Å². The third-order valence-corrected chi connectivity index (χ3v) is 4.32. The standard InChI is InChI=1S/C8H14N4OS/c1-12-10-7(9-11-12)6(13)8(14-2)4-3-5-8/h6,13H,3-5H2,1-2H3. The average molecular weight is 214 g/mol. The van der Waals surface area contributed by atoms with E-state index in [1.165, 1.54) is 11.2 Å². The summed E-state index contributed by atoms with van der Waals surface area (Å²) in [6, 6.07) is 0. The quantitative estimate of drug-likeness (QED) is 0.795. The van der Waals surface area contributed by atoms with Gasteiger partial charge in [-0.3, -0.25) is 0 Å². The minimum atomic E-state index is -0.583. The average Bonchev–Trinajstić information content (AvgIpc) is 2.50. The van der Waals surface area contributed by atoms with Crippen LogP contribution in [0.1, 0.15) is 31.2 Å². The highest BCUT2D eigenvalue weighted by molar-refractivity contribution is 8.00. The fourth-order valence-corrected chi connectivity index (χ4v) is 2.78. The molecule has 1 fully saturated rings. The first-order chi connectivity index (χ1) is 6.68. The summed E-state index contributed by atoms with van der Waals surface area (Å²) < 4.78 is -0.0664. The predicted octanol–water partition coefficient (Wildman–Crippen LogP) is 0.529. The van der Waals surface area contributed by atoms with Crippen molar-refractivity contribution in [3.63, 3.8) is 0 Å². The second-order valence-electron chi connectivity index (χ2n) is 3.66. The Bertz CT molecular complexity index is 317. The number of nitrogens with zero attached hydrogens (tertiary/aromatic N) is 4. The molecule has 1 heterocycles. The van der Waals surface area contributed by atoms with Crippen molar-refractivity contribution in [2.45, 2.75) is 30.1 Å². The summed E-state index contributed by atoms with van der Waals surface area (Å²) >= 11 is 1.70. The van der Waals surface area contributed by atoms with Crippen LogP contribution in [0.5, 0.6) is 0 Å². The Morgan fingerprint density at radius 2 is 2.29 bits per heavy atom. The van der Waals surface area contributed by atoms with Crippen LogP contribution in [0.4, 0.5) is 0 Å². The molecule has 14 heavy (non-hydrogen) atoms. The number of aryl methyl sites for hydroxylation is 1. The van der Waals surface area contributed by atoms with Crippen LogP contribution in [0.15, 0.2) is 0 Å². The molecule has 1 aliphatic rings. The molecule has 78 valence electrons. The highest BCUT2D eigenvalue weighted by atomic mass is 32.2. The lowest BCUT2D eigenvalue weighted by Crippen LogP contribution is -2.40. The zero-order valence-corrected chi connectivity index (χ0v) is 9.16. The van der Waals surface area contributed by atoms with Crippen molar-refractivity contribution >= 4 is 11.8 Å². The third kappa shape index (κ3) is 1.42. The maximum Gasteiger partial charge on any atom is 0.204 e. The Morgan fingerprint density at radius 1 is 1.57 bits per heavy atom. The second-order valence-corrected chi connectivity index (χ2v) is 4.88. The van der Waals surface area contributed by atoms with E-state index in [2.05, 4.69) is 15.4 Å². The van der Waals surface area contributed by atoms with Gasteiger partial charge < -0.3 is 5.11 Å². The van der Waals surface area contributed by atoms with Crippen LogP contribution < -0.4 is 0 Å². The smallest absolute Gasteiger partial charge is 0.204 e. The van der Waals surface area contributed by atoms with Crippen molar-refractivity contribution in [3.05, 3.63) is 5.82 Å². The van der Waals surface area contributed by atoms with E-state index >= 15 is 0 Å². The van der Waals surface area contributed by atoms with Gasteiger partial charge in [-0.05, 0) is 24.3 Å². The molecule has 0 amide bonds. The molecule has 0 aliphatic heterocycles. The number of tetrazole rings is 1.